The van der Waals surface area contributed by atoms with Crippen LogP contribution in [-0.2, 0) is 9.47 Å². The maximum atomic E-state index is 5.37. The summed E-state index contributed by atoms with van der Waals surface area (Å²) >= 11 is 0. The van der Waals surface area contributed by atoms with Crippen LogP contribution in [0, 0.1) is 0 Å². The molecule has 1 unspecified atom stereocenters. The van der Waals surface area contributed by atoms with Crippen LogP contribution in [0.25, 0.3) is 0 Å². The first-order valence-corrected chi connectivity index (χ1v) is 5.15. The highest BCUT2D eigenvalue weighted by Crippen LogP contribution is 1.94. The minimum Gasteiger partial charge on any atom is -0.385 e. The molecule has 0 aromatic rings. The lowest BCUT2D eigenvalue weighted by Gasteiger charge is -2.17. The topological polar surface area (TPSA) is 30.5 Å². The van der Waals surface area contributed by atoms with Crippen LogP contribution < -0.4 is 5.32 Å². The van der Waals surface area contributed by atoms with Gasteiger partial charge in [0.15, 0.2) is 0 Å². The van der Waals surface area contributed by atoms with Gasteiger partial charge in [-0.15, -0.1) is 0 Å². The third kappa shape index (κ3) is 8.22. The number of hydrogen-bond acceptors (Lipinski definition) is 3. The Balaban J connectivity index is 3.47. The van der Waals surface area contributed by atoms with Crippen LogP contribution >= 0.6 is 0 Å². The first-order valence-electron chi connectivity index (χ1n) is 5.15. The summed E-state index contributed by atoms with van der Waals surface area (Å²) in [7, 11) is 1.73. The first-order chi connectivity index (χ1) is 6.35. The van der Waals surface area contributed by atoms with Crippen molar-refractivity contribution in [2.75, 3.05) is 33.5 Å². The van der Waals surface area contributed by atoms with Gasteiger partial charge in [0, 0.05) is 26.4 Å². The number of nitrogens with one attached hydrogen (secondary N) is 1. The molecule has 0 fully saturated rings. The predicted octanol–water partition coefficient (Wildman–Crippen LogP) is 1.43. The molecule has 0 amide bonds. The van der Waals surface area contributed by atoms with Crippen LogP contribution in [-0.4, -0.2) is 39.5 Å². The molecule has 0 radical (unpaired) electrons. The fraction of sp³-hybridized carbons (Fsp3) is 1.00. The van der Waals surface area contributed by atoms with Gasteiger partial charge >= 0.3 is 0 Å². The van der Waals surface area contributed by atoms with Gasteiger partial charge in [-0.05, 0) is 26.3 Å². The normalized spacial score (nSPS) is 13.2. The highest BCUT2D eigenvalue weighted by Gasteiger charge is 2.06. The van der Waals surface area contributed by atoms with Crippen molar-refractivity contribution < 1.29 is 9.47 Å². The van der Waals surface area contributed by atoms with E-state index in [1.54, 1.807) is 7.11 Å². The molecule has 3 nitrogen and oxygen atoms in total. The van der Waals surface area contributed by atoms with E-state index in [4.69, 9.17) is 9.47 Å². The van der Waals surface area contributed by atoms with Gasteiger partial charge in [-0.1, -0.05) is 6.92 Å². The zero-order valence-electron chi connectivity index (χ0n) is 9.14. The van der Waals surface area contributed by atoms with Crippen molar-refractivity contribution in [3.63, 3.8) is 0 Å². The minimum absolute atomic E-state index is 0.444. The fourth-order valence-corrected chi connectivity index (χ4v) is 1.11. The molecule has 0 heterocycles. The second kappa shape index (κ2) is 9.96. The van der Waals surface area contributed by atoms with Crippen LogP contribution in [0.4, 0.5) is 0 Å². The molecule has 0 bridgehead atoms. The summed E-state index contributed by atoms with van der Waals surface area (Å²) in [5, 5.41) is 3.43. The molecule has 80 valence electrons. The van der Waals surface area contributed by atoms with Crippen LogP contribution in [0.3, 0.4) is 0 Å². The zero-order chi connectivity index (χ0) is 9.94. The van der Waals surface area contributed by atoms with Crippen molar-refractivity contribution in [1.82, 2.24) is 5.32 Å². The second-order valence-electron chi connectivity index (χ2n) is 3.09. The lowest BCUT2D eigenvalue weighted by atomic mass is 10.2. The molecule has 0 aliphatic heterocycles. The molecule has 0 aliphatic carbocycles. The lowest BCUT2D eigenvalue weighted by Crippen LogP contribution is -2.35. The van der Waals surface area contributed by atoms with E-state index in [-0.39, 0.29) is 0 Å². The summed E-state index contributed by atoms with van der Waals surface area (Å²) in [5.74, 6) is 0. The predicted molar refractivity (Wildman–Crippen MR) is 55.1 cm³/mol. The molecule has 13 heavy (non-hydrogen) atoms. The molecular formula is C10H23NO2. The Labute approximate surface area is 81.8 Å². The van der Waals surface area contributed by atoms with E-state index >= 15 is 0 Å². The van der Waals surface area contributed by atoms with Crippen molar-refractivity contribution in [3.8, 4) is 0 Å². The van der Waals surface area contributed by atoms with Crippen LogP contribution in [0.1, 0.15) is 26.7 Å². The van der Waals surface area contributed by atoms with Gasteiger partial charge in [-0.25, -0.2) is 0 Å². The molecule has 0 rings (SSSR count). The second-order valence-corrected chi connectivity index (χ2v) is 3.09. The number of methoxy groups -OCH3 is 1. The molecule has 0 saturated carbocycles. The van der Waals surface area contributed by atoms with E-state index in [2.05, 4.69) is 12.2 Å². The van der Waals surface area contributed by atoms with E-state index in [1.165, 1.54) is 0 Å². The Hall–Kier alpha value is -0.120. The Bertz CT molecular complexity index is 79.9. The Kier molecular flexibility index (Phi) is 9.87. The standard InChI is InChI=1S/C10H23NO2/c1-4-7-11-10(6-8-12-3)9-13-5-2/h10-11H,4-9H2,1-3H3. The minimum atomic E-state index is 0.444. The molecule has 0 saturated heterocycles. The SMILES string of the molecule is CCCNC(CCOC)COCC. The van der Waals surface area contributed by atoms with E-state index < -0.39 is 0 Å². The highest BCUT2D eigenvalue weighted by atomic mass is 16.5. The molecule has 0 aromatic carbocycles. The third-order valence-corrected chi connectivity index (χ3v) is 1.88. The zero-order valence-corrected chi connectivity index (χ0v) is 9.14. The summed E-state index contributed by atoms with van der Waals surface area (Å²) in [5.41, 5.74) is 0. The number of ether oxygens (including phenoxy) is 2. The Morgan fingerprint density at radius 2 is 2.08 bits per heavy atom. The lowest BCUT2D eigenvalue weighted by molar-refractivity contribution is 0.104. The van der Waals surface area contributed by atoms with Gasteiger partial charge in [-0.3, -0.25) is 0 Å². The van der Waals surface area contributed by atoms with Crippen LogP contribution in [0.5, 0.6) is 0 Å². The molecule has 3 heteroatoms. The Morgan fingerprint density at radius 3 is 2.62 bits per heavy atom. The van der Waals surface area contributed by atoms with Crippen molar-refractivity contribution in [2.45, 2.75) is 32.7 Å². The summed E-state index contributed by atoms with van der Waals surface area (Å²) in [6, 6.07) is 0.444. The quantitative estimate of drug-likeness (QED) is 0.595. The third-order valence-electron chi connectivity index (χ3n) is 1.88. The summed E-state index contributed by atoms with van der Waals surface area (Å²) in [6.07, 6.45) is 2.19. The monoisotopic (exact) mass is 189 g/mol. The summed E-state index contributed by atoms with van der Waals surface area (Å²) in [4.78, 5) is 0. The van der Waals surface area contributed by atoms with Crippen LogP contribution in [0.2, 0.25) is 0 Å². The Morgan fingerprint density at radius 1 is 1.31 bits per heavy atom. The average Bonchev–Trinajstić information content (AvgIpc) is 2.17. The van der Waals surface area contributed by atoms with Crippen LogP contribution in [0.15, 0.2) is 0 Å². The van der Waals surface area contributed by atoms with E-state index in [1.807, 2.05) is 6.92 Å². The number of rotatable bonds is 9. The van der Waals surface area contributed by atoms with Crippen molar-refractivity contribution in [3.05, 3.63) is 0 Å². The smallest absolute Gasteiger partial charge is 0.0620 e. The molecule has 0 aliphatic rings. The fourth-order valence-electron chi connectivity index (χ4n) is 1.11. The molecule has 0 aromatic heterocycles. The number of hydrogen-bond donors (Lipinski definition) is 1. The highest BCUT2D eigenvalue weighted by molar-refractivity contribution is 4.65. The maximum absolute atomic E-state index is 5.37. The molecule has 1 N–H and O–H groups in total. The van der Waals surface area contributed by atoms with Gasteiger partial charge < -0.3 is 14.8 Å². The van der Waals surface area contributed by atoms with Gasteiger partial charge in [-0.2, -0.15) is 0 Å². The van der Waals surface area contributed by atoms with E-state index in [0.29, 0.717) is 6.04 Å². The van der Waals surface area contributed by atoms with Crippen molar-refractivity contribution in [1.29, 1.82) is 0 Å². The molecular weight excluding hydrogens is 166 g/mol. The first kappa shape index (κ1) is 12.9. The summed E-state index contributed by atoms with van der Waals surface area (Å²) < 4.78 is 10.4. The molecule has 1 atom stereocenters. The van der Waals surface area contributed by atoms with E-state index in [9.17, 15) is 0 Å². The van der Waals surface area contributed by atoms with E-state index in [0.717, 1.165) is 39.2 Å². The summed E-state index contributed by atoms with van der Waals surface area (Å²) in [6.45, 7) is 7.63. The molecule has 0 spiro atoms. The van der Waals surface area contributed by atoms with Gasteiger partial charge in [0.1, 0.15) is 0 Å². The van der Waals surface area contributed by atoms with Gasteiger partial charge in [0.05, 0.1) is 6.61 Å². The van der Waals surface area contributed by atoms with Gasteiger partial charge in [0.2, 0.25) is 0 Å². The van der Waals surface area contributed by atoms with Crippen molar-refractivity contribution >= 4 is 0 Å². The maximum Gasteiger partial charge on any atom is 0.0620 e. The van der Waals surface area contributed by atoms with Crippen molar-refractivity contribution in [2.24, 2.45) is 0 Å². The largest absolute Gasteiger partial charge is 0.385 e. The average molecular weight is 189 g/mol. The van der Waals surface area contributed by atoms with Gasteiger partial charge in [0.25, 0.3) is 0 Å².